The number of nitrogens with one attached hydrogen (secondary N) is 1. The fourth-order valence-electron chi connectivity index (χ4n) is 1.59. The van der Waals surface area contributed by atoms with Crippen molar-refractivity contribution in [1.82, 2.24) is 5.32 Å². The SMILES string of the molecule is C#CC(C)NCC1CCC(C)(C)O1. The Morgan fingerprint density at radius 3 is 2.85 bits per heavy atom. The molecule has 1 aliphatic heterocycles. The molecule has 74 valence electrons. The molecule has 1 fully saturated rings. The van der Waals surface area contributed by atoms with Crippen molar-refractivity contribution in [3.63, 3.8) is 0 Å². The molecule has 2 atom stereocenters. The molecular weight excluding hydrogens is 162 g/mol. The molecule has 0 aromatic carbocycles. The first-order chi connectivity index (χ1) is 6.03. The Morgan fingerprint density at radius 2 is 2.38 bits per heavy atom. The van der Waals surface area contributed by atoms with Crippen LogP contribution in [0.4, 0.5) is 0 Å². The minimum atomic E-state index is 0.0612. The van der Waals surface area contributed by atoms with Gasteiger partial charge >= 0.3 is 0 Å². The van der Waals surface area contributed by atoms with Gasteiger partial charge in [0.25, 0.3) is 0 Å². The lowest BCUT2D eigenvalue weighted by atomic mass is 10.1. The second-order valence-electron chi connectivity index (χ2n) is 4.33. The third-order valence-corrected chi connectivity index (χ3v) is 2.46. The smallest absolute Gasteiger partial charge is 0.0708 e. The first-order valence-corrected chi connectivity index (χ1v) is 4.91. The lowest BCUT2D eigenvalue weighted by molar-refractivity contribution is -0.0145. The van der Waals surface area contributed by atoms with E-state index >= 15 is 0 Å². The van der Waals surface area contributed by atoms with Gasteiger partial charge in [0, 0.05) is 6.54 Å². The molecule has 0 aliphatic carbocycles. The van der Waals surface area contributed by atoms with E-state index in [0.717, 1.165) is 19.4 Å². The zero-order chi connectivity index (χ0) is 9.90. The molecule has 2 heteroatoms. The zero-order valence-corrected chi connectivity index (χ0v) is 8.76. The molecule has 1 heterocycles. The molecule has 0 spiro atoms. The third kappa shape index (κ3) is 3.38. The topological polar surface area (TPSA) is 21.3 Å². The molecular formula is C11H19NO. The summed E-state index contributed by atoms with van der Waals surface area (Å²) in [4.78, 5) is 0. The monoisotopic (exact) mass is 181 g/mol. The van der Waals surface area contributed by atoms with E-state index < -0.39 is 0 Å². The summed E-state index contributed by atoms with van der Waals surface area (Å²) in [5.74, 6) is 2.64. The maximum atomic E-state index is 5.81. The molecule has 0 amide bonds. The van der Waals surface area contributed by atoms with Crippen LogP contribution in [0.15, 0.2) is 0 Å². The molecule has 0 bridgehead atoms. The van der Waals surface area contributed by atoms with E-state index in [0.29, 0.717) is 6.10 Å². The van der Waals surface area contributed by atoms with Gasteiger partial charge in [-0.1, -0.05) is 5.92 Å². The average molecular weight is 181 g/mol. The molecule has 13 heavy (non-hydrogen) atoms. The summed E-state index contributed by atoms with van der Waals surface area (Å²) >= 11 is 0. The predicted molar refractivity (Wildman–Crippen MR) is 54.5 cm³/mol. The quantitative estimate of drug-likeness (QED) is 0.667. The fourth-order valence-corrected chi connectivity index (χ4v) is 1.59. The lowest BCUT2D eigenvalue weighted by Crippen LogP contribution is -2.34. The number of rotatable bonds is 3. The first kappa shape index (κ1) is 10.6. The van der Waals surface area contributed by atoms with Crippen molar-refractivity contribution >= 4 is 0 Å². The average Bonchev–Trinajstić information content (AvgIpc) is 2.41. The molecule has 2 nitrogen and oxygen atoms in total. The van der Waals surface area contributed by atoms with Crippen LogP contribution in [-0.2, 0) is 4.74 Å². The maximum Gasteiger partial charge on any atom is 0.0708 e. The molecule has 1 N–H and O–H groups in total. The molecule has 1 saturated heterocycles. The van der Waals surface area contributed by atoms with Crippen molar-refractivity contribution in [2.24, 2.45) is 0 Å². The fraction of sp³-hybridized carbons (Fsp3) is 0.818. The van der Waals surface area contributed by atoms with E-state index in [1.165, 1.54) is 0 Å². The Hall–Kier alpha value is -0.520. The van der Waals surface area contributed by atoms with Crippen molar-refractivity contribution in [2.45, 2.75) is 51.4 Å². The minimum Gasteiger partial charge on any atom is -0.371 e. The van der Waals surface area contributed by atoms with E-state index in [9.17, 15) is 0 Å². The standard InChI is InChI=1S/C11H19NO/c1-5-9(2)12-8-10-6-7-11(3,4)13-10/h1,9-10,12H,6-8H2,2-4H3. The second kappa shape index (κ2) is 4.13. The van der Waals surface area contributed by atoms with E-state index in [1.807, 2.05) is 6.92 Å². The highest BCUT2D eigenvalue weighted by Crippen LogP contribution is 2.28. The summed E-state index contributed by atoms with van der Waals surface area (Å²) in [6.45, 7) is 7.13. The predicted octanol–water partition coefficient (Wildman–Crippen LogP) is 1.56. The van der Waals surface area contributed by atoms with Crippen LogP contribution in [-0.4, -0.2) is 24.3 Å². The van der Waals surface area contributed by atoms with Gasteiger partial charge in [0.1, 0.15) is 0 Å². The van der Waals surface area contributed by atoms with Crippen molar-refractivity contribution in [2.75, 3.05) is 6.54 Å². The van der Waals surface area contributed by atoms with E-state index in [1.54, 1.807) is 0 Å². The van der Waals surface area contributed by atoms with Gasteiger partial charge in [-0.3, -0.25) is 0 Å². The van der Waals surface area contributed by atoms with E-state index in [4.69, 9.17) is 11.2 Å². The Balaban J connectivity index is 2.22. The summed E-state index contributed by atoms with van der Waals surface area (Å²) in [6.07, 6.45) is 7.87. The van der Waals surface area contributed by atoms with Crippen LogP contribution in [0.25, 0.3) is 0 Å². The van der Waals surface area contributed by atoms with Crippen molar-refractivity contribution < 1.29 is 4.74 Å². The lowest BCUT2D eigenvalue weighted by Gasteiger charge is -2.20. The normalized spacial score (nSPS) is 28.3. The highest BCUT2D eigenvalue weighted by Gasteiger charge is 2.31. The van der Waals surface area contributed by atoms with Crippen molar-refractivity contribution in [3.8, 4) is 12.3 Å². The number of hydrogen-bond acceptors (Lipinski definition) is 2. The van der Waals surface area contributed by atoms with Crippen molar-refractivity contribution in [3.05, 3.63) is 0 Å². The summed E-state index contributed by atoms with van der Waals surface area (Å²) in [5, 5.41) is 3.25. The Kier molecular flexibility index (Phi) is 3.35. The van der Waals surface area contributed by atoms with E-state index in [-0.39, 0.29) is 11.6 Å². The van der Waals surface area contributed by atoms with Crippen LogP contribution in [0.2, 0.25) is 0 Å². The van der Waals surface area contributed by atoms with Gasteiger partial charge in [0.05, 0.1) is 17.7 Å². The summed E-state index contributed by atoms with van der Waals surface area (Å²) in [6, 6.07) is 0.146. The highest BCUT2D eigenvalue weighted by molar-refractivity contribution is 4.96. The molecule has 1 rings (SSSR count). The molecule has 0 aromatic rings. The maximum absolute atomic E-state index is 5.81. The number of hydrogen-bond donors (Lipinski definition) is 1. The Bertz CT molecular complexity index is 205. The van der Waals surface area contributed by atoms with Crippen LogP contribution >= 0.6 is 0 Å². The highest BCUT2D eigenvalue weighted by atomic mass is 16.5. The largest absolute Gasteiger partial charge is 0.371 e. The van der Waals surface area contributed by atoms with Crippen LogP contribution < -0.4 is 5.32 Å². The van der Waals surface area contributed by atoms with Gasteiger partial charge in [-0.05, 0) is 33.6 Å². The van der Waals surface area contributed by atoms with Gasteiger partial charge in [0.2, 0.25) is 0 Å². The van der Waals surface area contributed by atoms with Crippen LogP contribution in [0.3, 0.4) is 0 Å². The minimum absolute atomic E-state index is 0.0612. The van der Waals surface area contributed by atoms with Crippen LogP contribution in [0.1, 0.15) is 33.6 Å². The van der Waals surface area contributed by atoms with Crippen LogP contribution in [0.5, 0.6) is 0 Å². The third-order valence-electron chi connectivity index (χ3n) is 2.46. The number of terminal acetylenes is 1. The molecule has 2 unspecified atom stereocenters. The number of ether oxygens (including phenoxy) is 1. The summed E-state index contributed by atoms with van der Waals surface area (Å²) in [7, 11) is 0. The van der Waals surface area contributed by atoms with Gasteiger partial charge in [-0.15, -0.1) is 6.42 Å². The van der Waals surface area contributed by atoms with Gasteiger partial charge in [-0.25, -0.2) is 0 Å². The zero-order valence-electron chi connectivity index (χ0n) is 8.76. The van der Waals surface area contributed by atoms with E-state index in [2.05, 4.69) is 25.1 Å². The Morgan fingerprint density at radius 1 is 1.69 bits per heavy atom. The van der Waals surface area contributed by atoms with Crippen molar-refractivity contribution in [1.29, 1.82) is 0 Å². The Labute approximate surface area is 81.0 Å². The second-order valence-corrected chi connectivity index (χ2v) is 4.33. The first-order valence-electron chi connectivity index (χ1n) is 4.91. The summed E-state index contributed by atoms with van der Waals surface area (Å²) in [5.41, 5.74) is 0.0612. The van der Waals surface area contributed by atoms with Gasteiger partial charge in [0.15, 0.2) is 0 Å². The molecule has 0 saturated carbocycles. The van der Waals surface area contributed by atoms with Gasteiger partial charge < -0.3 is 10.1 Å². The van der Waals surface area contributed by atoms with Gasteiger partial charge in [-0.2, -0.15) is 0 Å². The van der Waals surface area contributed by atoms with Crippen LogP contribution in [0, 0.1) is 12.3 Å². The molecule has 1 aliphatic rings. The molecule has 0 radical (unpaired) electrons. The molecule has 0 aromatic heterocycles. The summed E-state index contributed by atoms with van der Waals surface area (Å²) < 4.78 is 5.81.